The van der Waals surface area contributed by atoms with Crippen LogP contribution in [-0.2, 0) is 22.5 Å². The summed E-state index contributed by atoms with van der Waals surface area (Å²) < 4.78 is 21.9. The van der Waals surface area contributed by atoms with Gasteiger partial charge in [0.1, 0.15) is 23.1 Å². The number of nitrogens with zero attached hydrogens (tertiary/aromatic N) is 2. The molecule has 0 spiro atoms. The number of likely N-dealkylation sites (N-methyl/N-ethyl adjacent to an activating group) is 1. The Labute approximate surface area is 234 Å². The number of aromatic hydroxyl groups is 1. The summed E-state index contributed by atoms with van der Waals surface area (Å²) in [5.41, 5.74) is 3.46. The van der Waals surface area contributed by atoms with Crippen LogP contribution in [0.5, 0.6) is 5.75 Å². The Bertz CT molecular complexity index is 1360. The molecular formula is C30H40FN3O6. The molecule has 0 aliphatic heterocycles. The summed E-state index contributed by atoms with van der Waals surface area (Å²) >= 11 is 0. The lowest BCUT2D eigenvalue weighted by Gasteiger charge is -2.53. The highest BCUT2D eigenvalue weighted by molar-refractivity contribution is 6.13. The van der Waals surface area contributed by atoms with Crippen LogP contribution in [0.25, 0.3) is 0 Å². The van der Waals surface area contributed by atoms with E-state index >= 15 is 4.39 Å². The van der Waals surface area contributed by atoms with Crippen LogP contribution in [0.2, 0.25) is 0 Å². The molecule has 1 aromatic rings. The summed E-state index contributed by atoms with van der Waals surface area (Å²) in [5, 5.41) is 33.9. The normalized spacial score (nSPS) is 26.8. The Morgan fingerprint density at radius 2 is 1.90 bits per heavy atom. The van der Waals surface area contributed by atoms with Crippen LogP contribution in [0.15, 0.2) is 40.9 Å². The number of phenols is 1. The van der Waals surface area contributed by atoms with E-state index in [1.165, 1.54) is 13.2 Å². The molecule has 5 N–H and O–H groups in total. The molecule has 218 valence electrons. The highest BCUT2D eigenvalue weighted by Gasteiger charge is 2.61. The number of halogens is 1. The molecule has 40 heavy (non-hydrogen) atoms. The van der Waals surface area contributed by atoms with Crippen LogP contribution in [0.1, 0.15) is 55.1 Å². The number of nitrogens with two attached hydrogens (primary N) is 1. The van der Waals surface area contributed by atoms with Gasteiger partial charge in [0.2, 0.25) is 0 Å². The van der Waals surface area contributed by atoms with Gasteiger partial charge in [-0.2, -0.15) is 0 Å². The minimum Gasteiger partial charge on any atom is -0.510 e. The minimum atomic E-state index is -1.74. The quantitative estimate of drug-likeness (QED) is 0.400. The summed E-state index contributed by atoms with van der Waals surface area (Å²) in [7, 11) is 6.60. The Morgan fingerprint density at radius 3 is 2.42 bits per heavy atom. The van der Waals surface area contributed by atoms with Crippen LogP contribution in [0.3, 0.4) is 0 Å². The van der Waals surface area contributed by atoms with Gasteiger partial charge in [-0.3, -0.25) is 19.4 Å². The number of hydrogen-bond donors (Lipinski definition) is 4. The molecule has 0 bridgehead atoms. The van der Waals surface area contributed by atoms with Gasteiger partial charge < -0.3 is 25.8 Å². The number of rotatable bonds is 7. The third-order valence-corrected chi connectivity index (χ3v) is 9.51. The Morgan fingerprint density at radius 1 is 1.27 bits per heavy atom. The SMILES string of the molecule is C=C1C(C(N)=O)=C(O)[C@@H](N(C)C)C2C[C@@H]3Cc4c(F)c(CN(C)C(C)(C)CC)cc(O)c4C(=O)C3=C(O)[C@]12OC. The van der Waals surface area contributed by atoms with Crippen molar-refractivity contribution in [2.45, 2.75) is 63.8 Å². The lowest BCUT2D eigenvalue weighted by Crippen LogP contribution is -2.61. The van der Waals surface area contributed by atoms with E-state index in [0.29, 0.717) is 0 Å². The molecular weight excluding hydrogens is 517 g/mol. The number of ketones is 1. The van der Waals surface area contributed by atoms with Crippen molar-refractivity contribution in [2.24, 2.45) is 17.6 Å². The number of benzene rings is 1. The van der Waals surface area contributed by atoms with Crippen LogP contribution in [0, 0.1) is 17.7 Å². The number of Topliss-reactive ketones (excluding diaryl/α,β-unsaturated/α-hetero) is 1. The fraction of sp³-hybridized carbons (Fsp3) is 0.533. The number of hydrogen-bond acceptors (Lipinski definition) is 8. The van der Waals surface area contributed by atoms with Crippen molar-refractivity contribution in [1.29, 1.82) is 0 Å². The van der Waals surface area contributed by atoms with E-state index in [1.807, 2.05) is 32.7 Å². The second kappa shape index (κ2) is 10.0. The smallest absolute Gasteiger partial charge is 0.252 e. The molecule has 4 atom stereocenters. The van der Waals surface area contributed by atoms with Crippen LogP contribution in [0.4, 0.5) is 4.39 Å². The highest BCUT2D eigenvalue weighted by atomic mass is 19.1. The van der Waals surface area contributed by atoms with E-state index in [-0.39, 0.29) is 69.8 Å². The average Bonchev–Trinajstić information content (AvgIpc) is 2.86. The maximum atomic E-state index is 16.0. The van der Waals surface area contributed by atoms with Gasteiger partial charge in [-0.25, -0.2) is 4.39 Å². The minimum absolute atomic E-state index is 0.0267. The monoisotopic (exact) mass is 557 g/mol. The van der Waals surface area contributed by atoms with E-state index < -0.39 is 46.7 Å². The second-order valence-corrected chi connectivity index (χ2v) is 12.0. The van der Waals surface area contributed by atoms with Crippen molar-refractivity contribution >= 4 is 11.7 Å². The number of aliphatic hydroxyl groups is 2. The lowest BCUT2D eigenvalue weighted by molar-refractivity contribution is -0.116. The number of carbonyl (C=O) groups is 2. The summed E-state index contributed by atoms with van der Waals surface area (Å²) in [4.78, 5) is 30.0. The van der Waals surface area contributed by atoms with Crippen molar-refractivity contribution in [3.05, 3.63) is 63.4 Å². The van der Waals surface area contributed by atoms with Crippen molar-refractivity contribution < 1.29 is 34.0 Å². The molecule has 1 amide bonds. The van der Waals surface area contributed by atoms with Gasteiger partial charge in [-0.05, 0) is 66.2 Å². The standard InChI is InChI=1S/C30H40FN3O6/c1-9-29(3,4)34(7)13-16-12-19(35)22-17(23(16)31)10-15-11-18-24(33(5)6)26(37)20(28(32)39)14(2)30(18,40-8)27(38)21(15)25(22)36/h12,15,18,24,35,37-38H,2,9-11,13H2,1,3-8H3,(H2,32,39)/t15-,18?,24-,30-/m0/s1. The molecule has 3 aliphatic carbocycles. The van der Waals surface area contributed by atoms with Crippen molar-refractivity contribution in [3.63, 3.8) is 0 Å². The zero-order valence-corrected chi connectivity index (χ0v) is 24.3. The number of fused-ring (bicyclic) bond motifs is 3. The first-order valence-electron chi connectivity index (χ1n) is 13.4. The van der Waals surface area contributed by atoms with E-state index in [9.17, 15) is 24.9 Å². The van der Waals surface area contributed by atoms with E-state index in [4.69, 9.17) is 10.5 Å². The van der Waals surface area contributed by atoms with Gasteiger partial charge in [0.15, 0.2) is 11.4 Å². The van der Waals surface area contributed by atoms with Crippen LogP contribution >= 0.6 is 0 Å². The van der Waals surface area contributed by atoms with E-state index in [1.54, 1.807) is 19.0 Å². The summed E-state index contributed by atoms with van der Waals surface area (Å²) in [6.45, 7) is 10.3. The number of allylic oxidation sites excluding steroid dienone is 1. The topological polar surface area (TPSA) is 137 Å². The fourth-order valence-corrected chi connectivity index (χ4v) is 6.72. The summed E-state index contributed by atoms with van der Waals surface area (Å²) in [6, 6.07) is 0.458. The summed E-state index contributed by atoms with van der Waals surface area (Å²) in [6.07, 6.45) is 1.07. The molecule has 0 aromatic heterocycles. The number of amides is 1. The molecule has 0 fully saturated rings. The van der Waals surface area contributed by atoms with Crippen molar-refractivity contribution in [1.82, 2.24) is 9.80 Å². The Kier molecular flexibility index (Phi) is 7.45. The molecule has 1 unspecified atom stereocenters. The molecule has 10 heteroatoms. The number of ether oxygens (including phenoxy) is 1. The van der Waals surface area contributed by atoms with Gasteiger partial charge >= 0.3 is 0 Å². The third-order valence-electron chi connectivity index (χ3n) is 9.51. The zero-order valence-electron chi connectivity index (χ0n) is 24.3. The Hall–Kier alpha value is -3.21. The van der Waals surface area contributed by atoms with Crippen LogP contribution < -0.4 is 5.73 Å². The molecule has 9 nitrogen and oxygen atoms in total. The lowest BCUT2D eigenvalue weighted by atomic mass is 9.57. The van der Waals surface area contributed by atoms with Gasteiger partial charge in [0.25, 0.3) is 5.91 Å². The van der Waals surface area contributed by atoms with Gasteiger partial charge in [-0.1, -0.05) is 13.5 Å². The molecule has 0 saturated heterocycles. The van der Waals surface area contributed by atoms with Crippen molar-refractivity contribution in [2.75, 3.05) is 28.3 Å². The van der Waals surface area contributed by atoms with Gasteiger partial charge in [0, 0.05) is 47.4 Å². The second-order valence-electron chi connectivity index (χ2n) is 12.0. The first-order valence-corrected chi connectivity index (χ1v) is 13.4. The summed E-state index contributed by atoms with van der Waals surface area (Å²) in [5.74, 6) is -4.68. The number of phenolic OH excluding ortho intramolecular Hbond substituents is 1. The molecule has 0 radical (unpaired) electrons. The first-order chi connectivity index (χ1) is 18.6. The predicted molar refractivity (Wildman–Crippen MR) is 148 cm³/mol. The maximum absolute atomic E-state index is 16.0. The molecule has 4 rings (SSSR count). The van der Waals surface area contributed by atoms with Crippen LogP contribution in [-0.4, -0.2) is 82.2 Å². The zero-order chi connectivity index (χ0) is 30.1. The van der Waals surface area contributed by atoms with Gasteiger partial charge in [-0.15, -0.1) is 0 Å². The van der Waals surface area contributed by atoms with Crippen molar-refractivity contribution in [3.8, 4) is 5.75 Å². The molecule has 0 saturated carbocycles. The number of aliphatic hydroxyl groups excluding tert-OH is 2. The highest BCUT2D eigenvalue weighted by Crippen LogP contribution is 2.56. The predicted octanol–water partition coefficient (Wildman–Crippen LogP) is 3.52. The third kappa shape index (κ3) is 4.07. The van der Waals surface area contributed by atoms with E-state index in [2.05, 4.69) is 6.58 Å². The fourth-order valence-electron chi connectivity index (χ4n) is 6.72. The number of methoxy groups -OCH3 is 1. The molecule has 3 aliphatic rings. The maximum Gasteiger partial charge on any atom is 0.252 e. The number of primary amides is 1. The van der Waals surface area contributed by atoms with Gasteiger partial charge in [0.05, 0.1) is 17.2 Å². The Balaban J connectivity index is 1.90. The molecule has 0 heterocycles. The number of carbonyl (C=O) groups excluding carboxylic acids is 2. The molecule has 1 aromatic carbocycles. The van der Waals surface area contributed by atoms with E-state index in [0.717, 1.165) is 6.42 Å². The largest absolute Gasteiger partial charge is 0.510 e. The average molecular weight is 558 g/mol. The first kappa shape index (κ1) is 29.8.